The molecule has 0 unspecified atom stereocenters. The Hall–Kier alpha value is -2.76. The van der Waals surface area contributed by atoms with Crippen molar-refractivity contribution < 1.29 is 18.7 Å². The van der Waals surface area contributed by atoms with Gasteiger partial charge < -0.3 is 19.0 Å². The Morgan fingerprint density at radius 3 is 2.42 bits per heavy atom. The van der Waals surface area contributed by atoms with Gasteiger partial charge in [-0.3, -0.25) is 4.79 Å². The van der Waals surface area contributed by atoms with Crippen molar-refractivity contribution >= 4 is 17.6 Å². The van der Waals surface area contributed by atoms with Gasteiger partial charge in [0, 0.05) is 37.4 Å². The minimum absolute atomic E-state index is 0.151. The molecular weight excluding hydrogens is 332 g/mol. The van der Waals surface area contributed by atoms with Crippen LogP contribution in [-0.2, 0) is 9.53 Å². The Labute approximate surface area is 153 Å². The van der Waals surface area contributed by atoms with Crippen LogP contribution in [0.4, 0.5) is 5.69 Å². The van der Waals surface area contributed by atoms with E-state index in [0.29, 0.717) is 18.7 Å². The van der Waals surface area contributed by atoms with Gasteiger partial charge in [0.15, 0.2) is 6.61 Å². The van der Waals surface area contributed by atoms with Crippen molar-refractivity contribution in [2.75, 3.05) is 37.7 Å². The number of furan rings is 1. The quantitative estimate of drug-likeness (QED) is 0.788. The zero-order chi connectivity index (χ0) is 18.7. The van der Waals surface area contributed by atoms with Crippen molar-refractivity contribution in [3.63, 3.8) is 0 Å². The highest BCUT2D eigenvalue weighted by atomic mass is 16.5. The Morgan fingerprint density at radius 2 is 1.77 bits per heavy atom. The lowest BCUT2D eigenvalue weighted by Gasteiger charge is -2.37. The maximum Gasteiger partial charge on any atom is 0.375 e. The highest BCUT2D eigenvalue weighted by molar-refractivity contribution is 5.90. The number of piperazine rings is 1. The van der Waals surface area contributed by atoms with E-state index in [9.17, 15) is 9.59 Å². The van der Waals surface area contributed by atoms with Crippen LogP contribution in [0.15, 0.2) is 34.9 Å². The highest BCUT2D eigenvalue weighted by Crippen LogP contribution is 2.23. The van der Waals surface area contributed by atoms with Crippen LogP contribution >= 0.6 is 0 Å². The number of aryl methyl sites for hydroxylation is 2. The number of benzene rings is 1. The first-order valence-corrected chi connectivity index (χ1v) is 8.77. The summed E-state index contributed by atoms with van der Waals surface area (Å²) in [5, 5.41) is 0. The third-order valence-electron chi connectivity index (χ3n) is 4.92. The molecule has 1 aliphatic heterocycles. The van der Waals surface area contributed by atoms with Gasteiger partial charge in [-0.25, -0.2) is 4.79 Å². The molecule has 2 heterocycles. The van der Waals surface area contributed by atoms with Crippen LogP contribution in [0.1, 0.15) is 27.2 Å². The smallest absolute Gasteiger partial charge is 0.375 e. The molecule has 2 aromatic rings. The van der Waals surface area contributed by atoms with Crippen LogP contribution in [0.25, 0.3) is 0 Å². The molecule has 1 aliphatic rings. The van der Waals surface area contributed by atoms with Gasteiger partial charge in [0.05, 0.1) is 6.26 Å². The normalized spacial score (nSPS) is 14.4. The third kappa shape index (κ3) is 3.74. The molecule has 0 saturated carbocycles. The summed E-state index contributed by atoms with van der Waals surface area (Å²) in [6.07, 6.45) is 1.43. The van der Waals surface area contributed by atoms with E-state index in [4.69, 9.17) is 9.15 Å². The number of amides is 1. The van der Waals surface area contributed by atoms with E-state index in [2.05, 4.69) is 36.9 Å². The predicted octanol–water partition coefficient (Wildman–Crippen LogP) is 2.71. The van der Waals surface area contributed by atoms with Gasteiger partial charge in [-0.15, -0.1) is 0 Å². The van der Waals surface area contributed by atoms with E-state index in [1.807, 2.05) is 0 Å². The molecule has 6 nitrogen and oxygen atoms in total. The summed E-state index contributed by atoms with van der Waals surface area (Å²) in [5.74, 6) is -0.629. The summed E-state index contributed by atoms with van der Waals surface area (Å²) in [6, 6.07) is 7.97. The second-order valence-corrected chi connectivity index (χ2v) is 6.60. The number of nitrogens with zero attached hydrogens (tertiary/aromatic N) is 2. The van der Waals surface area contributed by atoms with E-state index in [-0.39, 0.29) is 18.3 Å². The van der Waals surface area contributed by atoms with Crippen molar-refractivity contribution in [1.29, 1.82) is 0 Å². The maximum atomic E-state index is 12.3. The number of ether oxygens (including phenoxy) is 1. The summed E-state index contributed by atoms with van der Waals surface area (Å²) in [5.41, 5.74) is 4.46. The molecule has 0 spiro atoms. The lowest BCUT2D eigenvalue weighted by molar-refractivity contribution is -0.134. The minimum Gasteiger partial charge on any atom is -0.457 e. The lowest BCUT2D eigenvalue weighted by Crippen LogP contribution is -2.50. The molecule has 1 aromatic carbocycles. The average molecular weight is 356 g/mol. The standard InChI is InChI=1S/C20H24N2O4/c1-14-5-4-6-17(16(14)3)21-8-10-22(11-9-21)18(23)13-26-20(24)19-15(2)7-12-25-19/h4-7,12H,8-11,13H2,1-3H3. The SMILES string of the molecule is Cc1ccoc1C(=O)OCC(=O)N1CCN(c2cccc(C)c2C)CC1. The Morgan fingerprint density at radius 1 is 1.04 bits per heavy atom. The van der Waals surface area contributed by atoms with Gasteiger partial charge in [0.2, 0.25) is 5.76 Å². The largest absolute Gasteiger partial charge is 0.457 e. The second kappa shape index (κ2) is 7.64. The van der Waals surface area contributed by atoms with Crippen LogP contribution in [0.5, 0.6) is 0 Å². The first-order chi connectivity index (χ1) is 12.5. The van der Waals surface area contributed by atoms with E-state index >= 15 is 0 Å². The first kappa shape index (κ1) is 18.0. The summed E-state index contributed by atoms with van der Waals surface area (Å²) in [6.45, 7) is 8.48. The van der Waals surface area contributed by atoms with Crippen molar-refractivity contribution in [1.82, 2.24) is 4.90 Å². The maximum absolute atomic E-state index is 12.3. The summed E-state index contributed by atoms with van der Waals surface area (Å²) >= 11 is 0. The van der Waals surface area contributed by atoms with Gasteiger partial charge in [-0.1, -0.05) is 12.1 Å². The number of esters is 1. The van der Waals surface area contributed by atoms with Crippen LogP contribution < -0.4 is 4.90 Å². The Bertz CT molecular complexity index is 804. The molecule has 138 valence electrons. The van der Waals surface area contributed by atoms with Crippen LogP contribution in [0.3, 0.4) is 0 Å². The van der Waals surface area contributed by atoms with Gasteiger partial charge in [0.1, 0.15) is 0 Å². The summed E-state index contributed by atoms with van der Waals surface area (Å²) < 4.78 is 10.2. The molecule has 0 aliphatic carbocycles. The molecule has 1 fully saturated rings. The molecule has 1 amide bonds. The molecule has 6 heteroatoms. The molecule has 0 bridgehead atoms. The summed E-state index contributed by atoms with van der Waals surface area (Å²) in [7, 11) is 0. The van der Waals surface area contributed by atoms with Crippen molar-refractivity contribution in [3.05, 3.63) is 53.0 Å². The Balaban J connectivity index is 1.51. The molecule has 1 aromatic heterocycles. The van der Waals surface area contributed by atoms with Crippen LogP contribution in [0, 0.1) is 20.8 Å². The molecule has 3 rings (SSSR count). The van der Waals surface area contributed by atoms with Gasteiger partial charge in [0.25, 0.3) is 5.91 Å². The monoisotopic (exact) mass is 356 g/mol. The molecule has 0 N–H and O–H groups in total. The minimum atomic E-state index is -0.602. The third-order valence-corrected chi connectivity index (χ3v) is 4.92. The molecule has 0 atom stereocenters. The predicted molar refractivity (Wildman–Crippen MR) is 98.4 cm³/mol. The number of rotatable bonds is 4. The van der Waals surface area contributed by atoms with Crippen LogP contribution in [0.2, 0.25) is 0 Å². The Kier molecular flexibility index (Phi) is 5.30. The van der Waals surface area contributed by atoms with E-state index < -0.39 is 5.97 Å². The van der Waals surface area contributed by atoms with E-state index in [1.54, 1.807) is 17.9 Å². The second-order valence-electron chi connectivity index (χ2n) is 6.60. The van der Waals surface area contributed by atoms with E-state index in [1.165, 1.54) is 23.1 Å². The van der Waals surface area contributed by atoms with Crippen molar-refractivity contribution in [2.24, 2.45) is 0 Å². The van der Waals surface area contributed by atoms with Gasteiger partial charge in [-0.05, 0) is 44.0 Å². The highest BCUT2D eigenvalue weighted by Gasteiger charge is 2.24. The number of hydrogen-bond acceptors (Lipinski definition) is 5. The van der Waals surface area contributed by atoms with Crippen LogP contribution in [-0.4, -0.2) is 49.6 Å². The molecule has 1 saturated heterocycles. The lowest BCUT2D eigenvalue weighted by atomic mass is 10.1. The number of hydrogen-bond donors (Lipinski definition) is 0. The van der Waals surface area contributed by atoms with Gasteiger partial charge >= 0.3 is 5.97 Å². The number of carbonyl (C=O) groups excluding carboxylic acids is 2. The topological polar surface area (TPSA) is 63.0 Å². The molecular formula is C20H24N2O4. The van der Waals surface area contributed by atoms with Gasteiger partial charge in [-0.2, -0.15) is 0 Å². The zero-order valence-corrected chi connectivity index (χ0v) is 15.4. The molecule has 0 radical (unpaired) electrons. The molecule has 26 heavy (non-hydrogen) atoms. The fourth-order valence-corrected chi connectivity index (χ4v) is 3.14. The average Bonchev–Trinajstić information content (AvgIpc) is 3.08. The number of carbonyl (C=O) groups is 2. The first-order valence-electron chi connectivity index (χ1n) is 8.77. The fraction of sp³-hybridized carbons (Fsp3) is 0.400. The van der Waals surface area contributed by atoms with Crippen molar-refractivity contribution in [3.8, 4) is 0 Å². The summed E-state index contributed by atoms with van der Waals surface area (Å²) in [4.78, 5) is 28.3. The van der Waals surface area contributed by atoms with Crippen molar-refractivity contribution in [2.45, 2.75) is 20.8 Å². The zero-order valence-electron chi connectivity index (χ0n) is 15.4. The fourth-order valence-electron chi connectivity index (χ4n) is 3.14. The van der Waals surface area contributed by atoms with E-state index in [0.717, 1.165) is 13.1 Å². The number of anilines is 1.